The molecule has 1 N–H and O–H groups in total. The SMILES string of the molecule is CO[C@@H](CNC(=O)/C=C/c1ccc(SC)cc1)c1ccccc1C. The van der Waals surface area contributed by atoms with Gasteiger partial charge in [-0.2, -0.15) is 0 Å². The maximum Gasteiger partial charge on any atom is 0.244 e. The lowest BCUT2D eigenvalue weighted by molar-refractivity contribution is -0.117. The van der Waals surface area contributed by atoms with Crippen molar-refractivity contribution in [1.82, 2.24) is 5.32 Å². The van der Waals surface area contributed by atoms with Gasteiger partial charge in [0.2, 0.25) is 5.91 Å². The number of thioether (sulfide) groups is 1. The van der Waals surface area contributed by atoms with Gasteiger partial charge in [-0.3, -0.25) is 4.79 Å². The van der Waals surface area contributed by atoms with E-state index in [2.05, 4.69) is 5.32 Å². The molecule has 0 radical (unpaired) electrons. The molecule has 0 spiro atoms. The van der Waals surface area contributed by atoms with E-state index in [4.69, 9.17) is 4.74 Å². The van der Waals surface area contributed by atoms with Crippen LogP contribution in [-0.2, 0) is 9.53 Å². The van der Waals surface area contributed by atoms with Gasteiger partial charge in [-0.15, -0.1) is 11.8 Å². The van der Waals surface area contributed by atoms with Crippen molar-refractivity contribution < 1.29 is 9.53 Å². The van der Waals surface area contributed by atoms with E-state index in [1.54, 1.807) is 24.9 Å². The predicted octanol–water partition coefficient (Wildman–Crippen LogP) is 4.23. The smallest absolute Gasteiger partial charge is 0.244 e. The molecule has 2 aromatic carbocycles. The lowest BCUT2D eigenvalue weighted by Crippen LogP contribution is -2.27. The summed E-state index contributed by atoms with van der Waals surface area (Å²) in [6.07, 6.45) is 5.26. The molecular weight excluding hydrogens is 318 g/mol. The van der Waals surface area contributed by atoms with Gasteiger partial charge in [0.25, 0.3) is 0 Å². The molecule has 0 aliphatic carbocycles. The second kappa shape index (κ2) is 9.30. The van der Waals surface area contributed by atoms with Crippen LogP contribution < -0.4 is 5.32 Å². The summed E-state index contributed by atoms with van der Waals surface area (Å²) in [6.45, 7) is 2.48. The van der Waals surface area contributed by atoms with Crippen molar-refractivity contribution in [2.75, 3.05) is 19.9 Å². The first-order chi connectivity index (χ1) is 11.6. The minimum Gasteiger partial charge on any atom is -0.375 e. The van der Waals surface area contributed by atoms with Crippen LogP contribution in [0.15, 0.2) is 59.5 Å². The van der Waals surface area contributed by atoms with Crippen LogP contribution in [0, 0.1) is 6.92 Å². The third-order valence-electron chi connectivity index (χ3n) is 3.82. The Bertz CT molecular complexity index is 695. The van der Waals surface area contributed by atoms with Crippen molar-refractivity contribution in [2.24, 2.45) is 0 Å². The summed E-state index contributed by atoms with van der Waals surface area (Å²) in [6, 6.07) is 16.1. The van der Waals surface area contributed by atoms with Crippen LogP contribution in [0.1, 0.15) is 22.8 Å². The maximum absolute atomic E-state index is 12.0. The number of ether oxygens (including phenoxy) is 1. The molecule has 4 heteroatoms. The number of carbonyl (C=O) groups excluding carboxylic acids is 1. The summed E-state index contributed by atoms with van der Waals surface area (Å²) in [5.41, 5.74) is 3.25. The molecule has 24 heavy (non-hydrogen) atoms. The zero-order valence-electron chi connectivity index (χ0n) is 14.3. The van der Waals surface area contributed by atoms with Gasteiger partial charge in [0, 0.05) is 24.6 Å². The van der Waals surface area contributed by atoms with Gasteiger partial charge in [-0.1, -0.05) is 36.4 Å². The van der Waals surface area contributed by atoms with Crippen LogP contribution in [0.5, 0.6) is 0 Å². The van der Waals surface area contributed by atoms with E-state index in [9.17, 15) is 4.79 Å². The first kappa shape index (κ1) is 18.3. The molecule has 126 valence electrons. The minimum atomic E-state index is -0.149. The number of rotatable bonds is 7. The van der Waals surface area contributed by atoms with Gasteiger partial charge < -0.3 is 10.1 Å². The second-order valence-corrected chi connectivity index (χ2v) is 6.31. The van der Waals surface area contributed by atoms with Crippen LogP contribution in [0.3, 0.4) is 0 Å². The van der Waals surface area contributed by atoms with Crippen LogP contribution in [0.4, 0.5) is 0 Å². The summed E-state index contributed by atoms with van der Waals surface area (Å²) < 4.78 is 5.51. The second-order valence-electron chi connectivity index (χ2n) is 5.43. The van der Waals surface area contributed by atoms with Gasteiger partial charge in [-0.05, 0) is 48.1 Å². The fourth-order valence-electron chi connectivity index (χ4n) is 2.41. The highest BCUT2D eigenvalue weighted by Gasteiger charge is 2.13. The average molecular weight is 341 g/mol. The molecule has 2 aromatic rings. The Labute approximate surface area is 148 Å². The zero-order chi connectivity index (χ0) is 17.4. The molecule has 0 saturated heterocycles. The monoisotopic (exact) mass is 341 g/mol. The zero-order valence-corrected chi connectivity index (χ0v) is 15.1. The minimum absolute atomic E-state index is 0.125. The molecule has 0 unspecified atom stereocenters. The summed E-state index contributed by atoms with van der Waals surface area (Å²) >= 11 is 1.70. The van der Waals surface area contributed by atoms with Gasteiger partial charge in [0.15, 0.2) is 0 Å². The van der Waals surface area contributed by atoms with E-state index in [0.717, 1.165) is 16.7 Å². The normalized spacial score (nSPS) is 12.3. The predicted molar refractivity (Wildman–Crippen MR) is 101 cm³/mol. The number of carbonyl (C=O) groups is 1. The highest BCUT2D eigenvalue weighted by molar-refractivity contribution is 7.98. The van der Waals surface area contributed by atoms with E-state index in [0.29, 0.717) is 6.54 Å². The number of hydrogen-bond donors (Lipinski definition) is 1. The maximum atomic E-state index is 12.0. The van der Waals surface area contributed by atoms with Crippen LogP contribution in [0.25, 0.3) is 6.08 Å². The number of amides is 1. The van der Waals surface area contributed by atoms with Crippen molar-refractivity contribution in [3.05, 3.63) is 71.3 Å². The molecule has 2 rings (SSSR count). The van der Waals surface area contributed by atoms with Gasteiger partial charge >= 0.3 is 0 Å². The summed E-state index contributed by atoms with van der Waals surface area (Å²) in [5, 5.41) is 2.90. The van der Waals surface area contributed by atoms with E-state index < -0.39 is 0 Å². The van der Waals surface area contributed by atoms with Gasteiger partial charge in [0.05, 0.1) is 6.10 Å². The van der Waals surface area contributed by atoms with Crippen molar-refractivity contribution in [2.45, 2.75) is 17.9 Å². The average Bonchev–Trinajstić information content (AvgIpc) is 2.62. The van der Waals surface area contributed by atoms with E-state index in [1.807, 2.05) is 67.8 Å². The number of methoxy groups -OCH3 is 1. The Kier molecular flexibility index (Phi) is 7.09. The van der Waals surface area contributed by atoms with E-state index >= 15 is 0 Å². The van der Waals surface area contributed by atoms with E-state index in [1.165, 1.54) is 4.90 Å². The fourth-order valence-corrected chi connectivity index (χ4v) is 2.82. The van der Waals surface area contributed by atoms with Crippen molar-refractivity contribution in [3.63, 3.8) is 0 Å². The molecule has 1 atom stereocenters. The molecule has 0 aromatic heterocycles. The van der Waals surface area contributed by atoms with E-state index in [-0.39, 0.29) is 12.0 Å². The van der Waals surface area contributed by atoms with Gasteiger partial charge in [0.1, 0.15) is 0 Å². The Hall–Kier alpha value is -2.04. The highest BCUT2D eigenvalue weighted by atomic mass is 32.2. The van der Waals surface area contributed by atoms with Crippen molar-refractivity contribution in [3.8, 4) is 0 Å². The molecule has 1 amide bonds. The third-order valence-corrected chi connectivity index (χ3v) is 4.57. The molecule has 3 nitrogen and oxygen atoms in total. The highest BCUT2D eigenvalue weighted by Crippen LogP contribution is 2.19. The number of benzene rings is 2. The standard InChI is InChI=1S/C20H23NO2S/c1-15-6-4-5-7-18(15)19(23-2)14-21-20(22)13-10-16-8-11-17(24-3)12-9-16/h4-13,19H,14H2,1-3H3,(H,21,22)/b13-10+/t19-/m0/s1. The molecular formula is C20H23NO2S. The third kappa shape index (κ3) is 5.25. The Morgan fingerprint density at radius 1 is 1.21 bits per heavy atom. The quantitative estimate of drug-likeness (QED) is 0.605. The Morgan fingerprint density at radius 2 is 1.92 bits per heavy atom. The Balaban J connectivity index is 1.91. The summed E-state index contributed by atoms with van der Waals surface area (Å²) in [4.78, 5) is 13.2. The fraction of sp³-hybridized carbons (Fsp3) is 0.250. The number of aryl methyl sites for hydroxylation is 1. The van der Waals surface area contributed by atoms with Crippen molar-refractivity contribution >= 4 is 23.7 Å². The molecule has 0 aliphatic heterocycles. The first-order valence-corrected chi connectivity index (χ1v) is 9.05. The number of hydrogen-bond acceptors (Lipinski definition) is 3. The lowest BCUT2D eigenvalue weighted by atomic mass is 10.0. The molecule has 0 fully saturated rings. The van der Waals surface area contributed by atoms with Crippen LogP contribution in [0.2, 0.25) is 0 Å². The molecule has 0 aliphatic rings. The summed E-state index contributed by atoms with van der Waals surface area (Å²) in [7, 11) is 1.66. The lowest BCUT2D eigenvalue weighted by Gasteiger charge is -2.18. The largest absolute Gasteiger partial charge is 0.375 e. The Morgan fingerprint density at radius 3 is 2.54 bits per heavy atom. The molecule has 0 bridgehead atoms. The van der Waals surface area contributed by atoms with Crippen molar-refractivity contribution in [1.29, 1.82) is 0 Å². The number of nitrogens with one attached hydrogen (secondary N) is 1. The molecule has 0 saturated carbocycles. The van der Waals surface area contributed by atoms with Gasteiger partial charge in [-0.25, -0.2) is 0 Å². The van der Waals surface area contributed by atoms with Crippen LogP contribution in [-0.4, -0.2) is 25.8 Å². The first-order valence-electron chi connectivity index (χ1n) is 7.82. The summed E-state index contributed by atoms with van der Waals surface area (Å²) in [5.74, 6) is -0.125. The molecule has 0 heterocycles. The van der Waals surface area contributed by atoms with Crippen LogP contribution >= 0.6 is 11.8 Å². The topological polar surface area (TPSA) is 38.3 Å².